The normalized spacial score (nSPS) is 13.3. The molecule has 60 heavy (non-hydrogen) atoms. The van der Waals surface area contributed by atoms with Crippen molar-refractivity contribution < 1.29 is 4.42 Å². The molecule has 0 spiro atoms. The van der Waals surface area contributed by atoms with Crippen LogP contribution in [0.3, 0.4) is 0 Å². The summed E-state index contributed by atoms with van der Waals surface area (Å²) < 4.78 is 11.2. The van der Waals surface area contributed by atoms with Gasteiger partial charge in [-0.15, -0.1) is 0 Å². The summed E-state index contributed by atoms with van der Waals surface area (Å²) in [6, 6.07) is 71.1. The maximum absolute atomic E-state index is 6.36. The van der Waals surface area contributed by atoms with Crippen LogP contribution in [0.1, 0.15) is 25.0 Å². The summed E-state index contributed by atoms with van der Waals surface area (Å²) in [5, 5.41) is 7.42. The van der Waals surface area contributed by atoms with Crippen molar-refractivity contribution in [2.45, 2.75) is 19.3 Å². The minimum Gasteiger partial charge on any atom is -0.456 e. The molecule has 3 nitrogen and oxygen atoms in total. The minimum absolute atomic E-state index is 0.218. The molecule has 3 aromatic heterocycles. The lowest BCUT2D eigenvalue weighted by Crippen LogP contribution is -2.15. The largest absolute Gasteiger partial charge is 0.456 e. The Morgan fingerprint density at radius 2 is 0.933 bits per heavy atom. The molecule has 282 valence electrons. The van der Waals surface area contributed by atoms with Gasteiger partial charge in [-0.1, -0.05) is 141 Å². The number of para-hydroxylation sites is 3. The van der Waals surface area contributed by atoms with Gasteiger partial charge >= 0.3 is 0 Å². The number of aromatic nitrogens is 2. The summed E-state index contributed by atoms with van der Waals surface area (Å²) in [6.45, 7) is 4.74. The molecule has 0 bridgehead atoms. The predicted molar refractivity (Wildman–Crippen MR) is 251 cm³/mol. The highest BCUT2D eigenvalue weighted by molar-refractivity contribution is 6.13. The molecule has 3 heterocycles. The molecular weight excluding hydrogens is 729 g/mol. The molecule has 0 amide bonds. The van der Waals surface area contributed by atoms with Crippen LogP contribution in [0.4, 0.5) is 0 Å². The molecule has 1 aliphatic carbocycles. The van der Waals surface area contributed by atoms with Gasteiger partial charge in [-0.2, -0.15) is 0 Å². The summed E-state index contributed by atoms with van der Waals surface area (Å²) in [6.07, 6.45) is 0. The number of fused-ring (bicyclic) bond motifs is 13. The Bertz CT molecular complexity index is 3730. The molecule has 0 atom stereocenters. The van der Waals surface area contributed by atoms with Crippen LogP contribution in [0.15, 0.2) is 199 Å². The van der Waals surface area contributed by atoms with Crippen LogP contribution in [-0.4, -0.2) is 9.13 Å². The van der Waals surface area contributed by atoms with Crippen molar-refractivity contribution in [3.8, 4) is 44.8 Å². The van der Waals surface area contributed by atoms with E-state index in [0.717, 1.165) is 16.9 Å². The topological polar surface area (TPSA) is 23.0 Å². The molecule has 1 aliphatic rings. The second-order valence-electron chi connectivity index (χ2n) is 16.9. The smallest absolute Gasteiger partial charge is 0.135 e. The van der Waals surface area contributed by atoms with E-state index >= 15 is 0 Å². The van der Waals surface area contributed by atoms with E-state index in [-0.39, 0.29) is 5.41 Å². The molecule has 12 aromatic rings. The van der Waals surface area contributed by atoms with Crippen molar-refractivity contribution >= 4 is 65.6 Å². The average Bonchev–Trinajstić information content (AvgIpc) is 4.01. The molecular formula is C57H38N2O. The maximum atomic E-state index is 6.36. The van der Waals surface area contributed by atoms with Gasteiger partial charge in [-0.25, -0.2) is 0 Å². The first-order valence-corrected chi connectivity index (χ1v) is 20.8. The Morgan fingerprint density at radius 1 is 0.367 bits per heavy atom. The summed E-state index contributed by atoms with van der Waals surface area (Å²) in [7, 11) is 0. The van der Waals surface area contributed by atoms with Crippen molar-refractivity contribution in [1.82, 2.24) is 9.13 Å². The zero-order valence-corrected chi connectivity index (χ0v) is 33.3. The van der Waals surface area contributed by atoms with Gasteiger partial charge in [0.15, 0.2) is 0 Å². The van der Waals surface area contributed by atoms with Crippen molar-refractivity contribution in [2.24, 2.45) is 0 Å². The van der Waals surface area contributed by atoms with Crippen molar-refractivity contribution in [3.05, 3.63) is 205 Å². The Hall–Kier alpha value is -7.62. The van der Waals surface area contributed by atoms with E-state index in [1.54, 1.807) is 0 Å². The minimum atomic E-state index is -0.218. The molecule has 0 saturated heterocycles. The monoisotopic (exact) mass is 766 g/mol. The Kier molecular flexibility index (Phi) is 6.78. The van der Waals surface area contributed by atoms with Crippen LogP contribution in [0.25, 0.3) is 110 Å². The van der Waals surface area contributed by atoms with Crippen LogP contribution >= 0.6 is 0 Å². The van der Waals surface area contributed by atoms with E-state index in [2.05, 4.69) is 217 Å². The zero-order chi connectivity index (χ0) is 39.7. The molecule has 9 aromatic carbocycles. The number of benzene rings is 9. The summed E-state index contributed by atoms with van der Waals surface area (Å²) >= 11 is 0. The quantitative estimate of drug-likeness (QED) is 0.175. The standard InChI is InChI=1S/C57H38N2O/c1-57(2)48-34-40(26-28-41(48)45-29-31-54-55(56(45)57)46-16-8-11-19-53(46)60-54)59-50-18-10-7-15-43(50)47-32-37(23-30-51(47)59)38-22-27-44-42-14-6-9-17-49(42)58(52(44)33-38)39-24-20-36(21-25-39)35-12-4-3-5-13-35/h3-34H,1-2H3. The third-order valence-electron chi connectivity index (χ3n) is 13.3. The van der Waals surface area contributed by atoms with E-state index in [4.69, 9.17) is 4.42 Å². The third-order valence-corrected chi connectivity index (χ3v) is 13.3. The number of hydrogen-bond donors (Lipinski definition) is 0. The zero-order valence-electron chi connectivity index (χ0n) is 33.3. The molecule has 0 radical (unpaired) electrons. The van der Waals surface area contributed by atoms with Crippen LogP contribution < -0.4 is 0 Å². The van der Waals surface area contributed by atoms with E-state index < -0.39 is 0 Å². The van der Waals surface area contributed by atoms with E-state index in [9.17, 15) is 0 Å². The fourth-order valence-electron chi connectivity index (χ4n) is 10.5. The Morgan fingerprint density at radius 3 is 1.73 bits per heavy atom. The number of hydrogen-bond acceptors (Lipinski definition) is 1. The molecule has 0 saturated carbocycles. The second-order valence-corrected chi connectivity index (χ2v) is 16.9. The van der Waals surface area contributed by atoms with Gasteiger partial charge in [0.05, 0.1) is 22.1 Å². The van der Waals surface area contributed by atoms with E-state index in [1.807, 2.05) is 0 Å². The molecule has 0 aliphatic heterocycles. The van der Waals surface area contributed by atoms with Crippen LogP contribution in [0.5, 0.6) is 0 Å². The number of furan rings is 1. The molecule has 0 N–H and O–H groups in total. The Labute approximate surface area is 347 Å². The fourth-order valence-corrected chi connectivity index (χ4v) is 10.5. The van der Waals surface area contributed by atoms with E-state index in [0.29, 0.717) is 0 Å². The van der Waals surface area contributed by atoms with Crippen LogP contribution in [-0.2, 0) is 5.41 Å². The van der Waals surface area contributed by atoms with Gasteiger partial charge in [0.25, 0.3) is 0 Å². The van der Waals surface area contributed by atoms with Crippen molar-refractivity contribution in [3.63, 3.8) is 0 Å². The first-order chi connectivity index (χ1) is 29.5. The number of rotatable bonds is 4. The van der Waals surface area contributed by atoms with Gasteiger partial charge in [0, 0.05) is 49.1 Å². The molecule has 3 heteroatoms. The van der Waals surface area contributed by atoms with Gasteiger partial charge in [0.1, 0.15) is 11.2 Å². The number of nitrogens with zero attached hydrogens (tertiary/aromatic N) is 2. The molecule has 0 fully saturated rings. The lowest BCUT2D eigenvalue weighted by Gasteiger charge is -2.23. The van der Waals surface area contributed by atoms with Crippen molar-refractivity contribution in [1.29, 1.82) is 0 Å². The summed E-state index contributed by atoms with van der Waals surface area (Å²) in [5.74, 6) is 0. The molecule has 0 unspecified atom stereocenters. The van der Waals surface area contributed by atoms with Gasteiger partial charge in [0.2, 0.25) is 0 Å². The van der Waals surface area contributed by atoms with Crippen LogP contribution in [0, 0.1) is 0 Å². The summed E-state index contributed by atoms with van der Waals surface area (Å²) in [4.78, 5) is 0. The first-order valence-electron chi connectivity index (χ1n) is 20.8. The molecule has 13 rings (SSSR count). The predicted octanol–water partition coefficient (Wildman–Crippen LogP) is 15.4. The summed E-state index contributed by atoms with van der Waals surface area (Å²) in [5.41, 5.74) is 18.9. The second kappa shape index (κ2) is 12.2. The van der Waals surface area contributed by atoms with Crippen LogP contribution in [0.2, 0.25) is 0 Å². The van der Waals surface area contributed by atoms with E-state index in [1.165, 1.54) is 105 Å². The maximum Gasteiger partial charge on any atom is 0.135 e. The van der Waals surface area contributed by atoms with Crippen molar-refractivity contribution in [2.75, 3.05) is 0 Å². The third kappa shape index (κ3) is 4.60. The van der Waals surface area contributed by atoms with Gasteiger partial charge in [-0.3, -0.25) is 0 Å². The highest BCUT2D eigenvalue weighted by atomic mass is 16.3. The lowest BCUT2D eigenvalue weighted by atomic mass is 9.80. The first kappa shape index (κ1) is 33.4. The highest BCUT2D eigenvalue weighted by Gasteiger charge is 2.38. The van der Waals surface area contributed by atoms with Gasteiger partial charge < -0.3 is 13.6 Å². The Balaban J connectivity index is 0.948. The average molecular weight is 767 g/mol. The SMILES string of the molecule is CC1(C)c2cc(-n3c4ccccc4c4cc(-c5ccc6c7ccccc7n(-c7ccc(-c8ccccc8)cc7)c6c5)ccc43)ccc2-c2ccc3oc4ccccc4c3c21. The fraction of sp³-hybridized carbons (Fsp3) is 0.0526. The highest BCUT2D eigenvalue weighted by Crippen LogP contribution is 2.53. The van der Waals surface area contributed by atoms with Gasteiger partial charge in [-0.05, 0) is 111 Å². The lowest BCUT2D eigenvalue weighted by molar-refractivity contribution is 0.656.